The predicted molar refractivity (Wildman–Crippen MR) is 105 cm³/mol. The second-order valence-electron chi connectivity index (χ2n) is 6.82. The number of benzene rings is 2. The maximum absolute atomic E-state index is 12.7. The highest BCUT2D eigenvalue weighted by Crippen LogP contribution is 2.18. The van der Waals surface area contributed by atoms with Gasteiger partial charge in [0.15, 0.2) is 0 Å². The number of piperazine rings is 1. The average Bonchev–Trinajstić information content (AvgIpc) is 2.69. The number of amides is 3. The van der Waals surface area contributed by atoms with E-state index in [0.717, 1.165) is 25.2 Å². The van der Waals surface area contributed by atoms with Crippen LogP contribution in [0.15, 0.2) is 60.7 Å². The first kappa shape index (κ1) is 18.9. The van der Waals surface area contributed by atoms with Crippen molar-refractivity contribution in [3.63, 3.8) is 0 Å². The van der Waals surface area contributed by atoms with Crippen molar-refractivity contribution in [3.8, 4) is 0 Å². The van der Waals surface area contributed by atoms with Gasteiger partial charge < -0.3 is 16.0 Å². The van der Waals surface area contributed by atoms with E-state index in [4.69, 9.17) is 5.73 Å². The van der Waals surface area contributed by atoms with Gasteiger partial charge in [-0.25, -0.2) is 4.79 Å². The monoisotopic (exact) mass is 366 g/mol. The van der Waals surface area contributed by atoms with E-state index in [-0.39, 0.29) is 12.3 Å². The molecule has 1 fully saturated rings. The molecule has 2 aromatic carbocycles. The van der Waals surface area contributed by atoms with Crippen molar-refractivity contribution in [2.24, 2.45) is 5.73 Å². The molecule has 2 aromatic rings. The van der Waals surface area contributed by atoms with E-state index in [1.165, 1.54) is 5.56 Å². The summed E-state index contributed by atoms with van der Waals surface area (Å²) in [6.07, 6.45) is 0.214. The van der Waals surface area contributed by atoms with Gasteiger partial charge in [-0.3, -0.25) is 9.69 Å². The van der Waals surface area contributed by atoms with Gasteiger partial charge in [-0.05, 0) is 11.1 Å². The summed E-state index contributed by atoms with van der Waals surface area (Å²) in [5.74, 6) is 0.0389. The minimum absolute atomic E-state index is 0.0389. The standard InChI is InChI=1S/C21H26N4O2/c22-21(27)23-19(18-9-5-2-6-10-18)15-20(26)25-13-11-24(12-14-25)16-17-7-3-1-4-8-17/h1-10,19H,11-16H2,(H3,22,23,27). The largest absolute Gasteiger partial charge is 0.352 e. The Hall–Kier alpha value is -2.86. The summed E-state index contributed by atoms with van der Waals surface area (Å²) in [7, 11) is 0. The van der Waals surface area contributed by atoms with Gasteiger partial charge in [-0.15, -0.1) is 0 Å². The van der Waals surface area contributed by atoms with Gasteiger partial charge in [0, 0.05) is 32.7 Å². The first-order valence-corrected chi connectivity index (χ1v) is 9.27. The molecule has 1 aliphatic heterocycles. The van der Waals surface area contributed by atoms with Gasteiger partial charge in [0.2, 0.25) is 5.91 Å². The summed E-state index contributed by atoms with van der Waals surface area (Å²) in [5.41, 5.74) is 7.46. The fourth-order valence-electron chi connectivity index (χ4n) is 3.41. The Balaban J connectivity index is 1.54. The summed E-state index contributed by atoms with van der Waals surface area (Å²) < 4.78 is 0. The molecule has 3 N–H and O–H groups in total. The first-order chi connectivity index (χ1) is 13.1. The van der Waals surface area contributed by atoms with E-state index in [0.29, 0.717) is 13.1 Å². The molecule has 1 aliphatic rings. The molecule has 0 saturated carbocycles. The van der Waals surface area contributed by atoms with Crippen LogP contribution in [0.4, 0.5) is 4.79 Å². The molecular weight excluding hydrogens is 340 g/mol. The highest BCUT2D eigenvalue weighted by Gasteiger charge is 2.24. The van der Waals surface area contributed by atoms with Gasteiger partial charge in [0.05, 0.1) is 12.5 Å². The lowest BCUT2D eigenvalue weighted by molar-refractivity contribution is -0.133. The fourth-order valence-corrected chi connectivity index (χ4v) is 3.41. The number of urea groups is 1. The van der Waals surface area contributed by atoms with Gasteiger partial charge in [-0.1, -0.05) is 60.7 Å². The average molecular weight is 366 g/mol. The molecule has 0 bridgehead atoms. The first-order valence-electron chi connectivity index (χ1n) is 9.27. The van der Waals surface area contributed by atoms with Gasteiger partial charge in [-0.2, -0.15) is 0 Å². The number of carbonyl (C=O) groups excluding carboxylic acids is 2. The summed E-state index contributed by atoms with van der Waals surface area (Å²) in [6.45, 7) is 3.99. The molecule has 27 heavy (non-hydrogen) atoms. The number of rotatable bonds is 6. The zero-order valence-electron chi connectivity index (χ0n) is 15.4. The van der Waals surface area contributed by atoms with Crippen molar-refractivity contribution in [3.05, 3.63) is 71.8 Å². The molecule has 0 spiro atoms. The Morgan fingerprint density at radius 3 is 2.11 bits per heavy atom. The highest BCUT2D eigenvalue weighted by molar-refractivity contribution is 5.79. The van der Waals surface area contributed by atoms with Crippen molar-refractivity contribution in [2.75, 3.05) is 26.2 Å². The van der Waals surface area contributed by atoms with Crippen LogP contribution in [0.1, 0.15) is 23.6 Å². The van der Waals surface area contributed by atoms with Gasteiger partial charge in [0.25, 0.3) is 0 Å². The van der Waals surface area contributed by atoms with Crippen molar-refractivity contribution >= 4 is 11.9 Å². The zero-order valence-corrected chi connectivity index (χ0v) is 15.4. The van der Waals surface area contributed by atoms with Gasteiger partial charge in [0.1, 0.15) is 0 Å². The summed E-state index contributed by atoms with van der Waals surface area (Å²) in [6, 6.07) is 18.8. The second-order valence-corrected chi connectivity index (χ2v) is 6.82. The van der Waals surface area contributed by atoms with E-state index in [2.05, 4.69) is 22.3 Å². The van der Waals surface area contributed by atoms with Crippen molar-refractivity contribution < 1.29 is 9.59 Å². The molecule has 0 aromatic heterocycles. The smallest absolute Gasteiger partial charge is 0.312 e. The molecule has 6 nitrogen and oxygen atoms in total. The summed E-state index contributed by atoms with van der Waals surface area (Å²) in [4.78, 5) is 28.3. The zero-order chi connectivity index (χ0) is 19.1. The van der Waals surface area contributed by atoms with E-state index in [1.54, 1.807) is 0 Å². The fraction of sp³-hybridized carbons (Fsp3) is 0.333. The third-order valence-corrected chi connectivity index (χ3v) is 4.87. The molecule has 3 rings (SSSR count). The molecule has 1 atom stereocenters. The van der Waals surface area contributed by atoms with Crippen LogP contribution in [-0.2, 0) is 11.3 Å². The van der Waals surface area contributed by atoms with Crippen molar-refractivity contribution in [1.82, 2.24) is 15.1 Å². The third kappa shape index (κ3) is 5.56. The molecule has 6 heteroatoms. The Kier molecular flexibility index (Phi) is 6.44. The minimum Gasteiger partial charge on any atom is -0.352 e. The highest BCUT2D eigenvalue weighted by atomic mass is 16.2. The number of nitrogens with one attached hydrogen (secondary N) is 1. The van der Waals surface area contributed by atoms with Crippen LogP contribution in [0.2, 0.25) is 0 Å². The van der Waals surface area contributed by atoms with Crippen LogP contribution >= 0.6 is 0 Å². The maximum atomic E-state index is 12.7. The van der Waals surface area contributed by atoms with Gasteiger partial charge >= 0.3 is 6.03 Å². The van der Waals surface area contributed by atoms with Crippen molar-refractivity contribution in [2.45, 2.75) is 19.0 Å². The van der Waals surface area contributed by atoms with Crippen LogP contribution in [0.5, 0.6) is 0 Å². The number of primary amides is 1. The van der Waals surface area contributed by atoms with E-state index in [9.17, 15) is 9.59 Å². The van der Waals surface area contributed by atoms with Crippen LogP contribution in [0.25, 0.3) is 0 Å². The quantitative estimate of drug-likeness (QED) is 0.822. The Labute approximate surface area is 159 Å². The maximum Gasteiger partial charge on any atom is 0.312 e. The Morgan fingerprint density at radius 1 is 0.926 bits per heavy atom. The lowest BCUT2D eigenvalue weighted by Gasteiger charge is -2.35. The minimum atomic E-state index is -0.621. The Morgan fingerprint density at radius 2 is 1.52 bits per heavy atom. The molecular formula is C21H26N4O2. The molecule has 1 saturated heterocycles. The number of hydrogen-bond donors (Lipinski definition) is 2. The number of carbonyl (C=O) groups is 2. The van der Waals surface area contributed by atoms with E-state index >= 15 is 0 Å². The van der Waals surface area contributed by atoms with Crippen molar-refractivity contribution in [1.29, 1.82) is 0 Å². The summed E-state index contributed by atoms with van der Waals surface area (Å²) in [5, 5.41) is 2.69. The molecule has 0 radical (unpaired) electrons. The number of nitrogens with two attached hydrogens (primary N) is 1. The third-order valence-electron chi connectivity index (χ3n) is 4.87. The molecule has 0 aliphatic carbocycles. The van der Waals surface area contributed by atoms with E-state index in [1.807, 2.05) is 53.4 Å². The number of nitrogens with zero attached hydrogens (tertiary/aromatic N) is 2. The number of hydrogen-bond acceptors (Lipinski definition) is 3. The topological polar surface area (TPSA) is 78.7 Å². The second kappa shape index (κ2) is 9.19. The van der Waals surface area contributed by atoms with Crippen LogP contribution in [0.3, 0.4) is 0 Å². The normalized spacial score (nSPS) is 15.9. The molecule has 1 unspecified atom stereocenters. The lowest BCUT2D eigenvalue weighted by Crippen LogP contribution is -2.49. The van der Waals surface area contributed by atoms with E-state index < -0.39 is 12.1 Å². The Bertz CT molecular complexity index is 743. The summed E-state index contributed by atoms with van der Waals surface area (Å²) >= 11 is 0. The SMILES string of the molecule is NC(=O)NC(CC(=O)N1CCN(Cc2ccccc2)CC1)c1ccccc1. The molecule has 1 heterocycles. The molecule has 3 amide bonds. The van der Waals surface area contributed by atoms with Crippen LogP contribution < -0.4 is 11.1 Å². The van der Waals surface area contributed by atoms with Crippen LogP contribution in [0, 0.1) is 0 Å². The molecule has 142 valence electrons. The van der Waals surface area contributed by atoms with Crippen LogP contribution in [-0.4, -0.2) is 47.9 Å². The predicted octanol–water partition coefficient (Wildman–Crippen LogP) is 2.13. The lowest BCUT2D eigenvalue weighted by atomic mass is 10.0.